The van der Waals surface area contributed by atoms with Crippen LogP contribution < -0.4 is 10.6 Å². The first-order chi connectivity index (χ1) is 9.19. The highest BCUT2D eigenvalue weighted by Gasteiger charge is 2.21. The highest BCUT2D eigenvalue weighted by Crippen LogP contribution is 2.28. The molecule has 1 saturated heterocycles. The Balaban J connectivity index is 2.17. The van der Waals surface area contributed by atoms with Crippen molar-refractivity contribution in [3.8, 4) is 0 Å². The second-order valence-corrected chi connectivity index (χ2v) is 4.66. The maximum Gasteiger partial charge on any atom is 0.273 e. The standard InChI is InChI=1S/C14H12N2O2S/c1-2-11-9(7-10-13(17)16-14(19)15-10)8-5-3-4-6-12(8)18-11/h3-7H,2H2,1H3,(H2,15,16,17,19)/b10-7-. The minimum absolute atomic E-state index is 0.211. The molecule has 4 nitrogen and oxygen atoms in total. The average Bonchev–Trinajstić information content (AvgIpc) is 2.91. The number of amides is 1. The van der Waals surface area contributed by atoms with Gasteiger partial charge in [-0.3, -0.25) is 10.1 Å². The number of hydrogen-bond acceptors (Lipinski definition) is 3. The molecule has 19 heavy (non-hydrogen) atoms. The summed E-state index contributed by atoms with van der Waals surface area (Å²) in [6.45, 7) is 2.02. The summed E-state index contributed by atoms with van der Waals surface area (Å²) in [5.74, 6) is 0.651. The number of fused-ring (bicyclic) bond motifs is 1. The molecule has 0 spiro atoms. The fraction of sp³-hybridized carbons (Fsp3) is 0.143. The summed E-state index contributed by atoms with van der Waals surface area (Å²) >= 11 is 4.92. The summed E-state index contributed by atoms with van der Waals surface area (Å²) in [5.41, 5.74) is 2.21. The molecule has 0 atom stereocenters. The van der Waals surface area contributed by atoms with Gasteiger partial charge in [0.05, 0.1) is 0 Å². The molecule has 3 rings (SSSR count). The van der Waals surface area contributed by atoms with Crippen LogP contribution in [0.15, 0.2) is 34.4 Å². The number of aryl methyl sites for hydroxylation is 1. The van der Waals surface area contributed by atoms with E-state index in [1.165, 1.54) is 0 Å². The van der Waals surface area contributed by atoms with Crippen LogP contribution in [0.1, 0.15) is 18.2 Å². The van der Waals surface area contributed by atoms with Gasteiger partial charge in [0.1, 0.15) is 17.0 Å². The first kappa shape index (κ1) is 11.9. The van der Waals surface area contributed by atoms with Gasteiger partial charge in [-0.25, -0.2) is 0 Å². The monoisotopic (exact) mass is 272 g/mol. The quantitative estimate of drug-likeness (QED) is 0.651. The van der Waals surface area contributed by atoms with E-state index in [9.17, 15) is 4.79 Å². The van der Waals surface area contributed by atoms with Gasteiger partial charge in [0.25, 0.3) is 5.91 Å². The summed E-state index contributed by atoms with van der Waals surface area (Å²) in [6.07, 6.45) is 2.55. The maximum absolute atomic E-state index is 11.7. The number of rotatable bonds is 2. The van der Waals surface area contributed by atoms with Crippen molar-refractivity contribution in [3.05, 3.63) is 41.3 Å². The molecule has 1 aliphatic rings. The molecule has 5 heteroatoms. The van der Waals surface area contributed by atoms with Crippen LogP contribution in [-0.2, 0) is 11.2 Å². The molecule has 1 aromatic heterocycles. The lowest BCUT2D eigenvalue weighted by Crippen LogP contribution is -2.21. The fourth-order valence-electron chi connectivity index (χ4n) is 2.16. The Morgan fingerprint density at radius 1 is 1.32 bits per heavy atom. The minimum Gasteiger partial charge on any atom is -0.460 e. The smallest absolute Gasteiger partial charge is 0.273 e. The predicted molar refractivity (Wildman–Crippen MR) is 77.4 cm³/mol. The average molecular weight is 272 g/mol. The van der Waals surface area contributed by atoms with Crippen LogP contribution in [-0.4, -0.2) is 11.0 Å². The highest BCUT2D eigenvalue weighted by molar-refractivity contribution is 7.80. The summed E-state index contributed by atoms with van der Waals surface area (Å²) in [5, 5.41) is 6.73. The Morgan fingerprint density at radius 3 is 2.79 bits per heavy atom. The summed E-state index contributed by atoms with van der Waals surface area (Å²) in [4.78, 5) is 11.7. The van der Waals surface area contributed by atoms with Gasteiger partial charge in [0.15, 0.2) is 5.11 Å². The van der Waals surface area contributed by atoms with Crippen LogP contribution in [0.2, 0.25) is 0 Å². The van der Waals surface area contributed by atoms with Gasteiger partial charge in [-0.1, -0.05) is 25.1 Å². The van der Waals surface area contributed by atoms with Crippen LogP contribution in [0.25, 0.3) is 17.0 Å². The highest BCUT2D eigenvalue weighted by atomic mass is 32.1. The molecule has 1 fully saturated rings. The molecule has 1 aliphatic heterocycles. The minimum atomic E-state index is -0.211. The number of nitrogens with one attached hydrogen (secondary N) is 2. The normalized spacial score (nSPS) is 17.0. The summed E-state index contributed by atoms with van der Waals surface area (Å²) in [6, 6.07) is 7.78. The van der Waals surface area contributed by atoms with E-state index in [4.69, 9.17) is 16.6 Å². The second-order valence-electron chi connectivity index (χ2n) is 4.25. The van der Waals surface area contributed by atoms with Crippen molar-refractivity contribution >= 4 is 40.3 Å². The zero-order valence-electron chi connectivity index (χ0n) is 10.3. The molecule has 0 bridgehead atoms. The first-order valence-electron chi connectivity index (χ1n) is 6.03. The molecular formula is C14H12N2O2S. The molecule has 0 unspecified atom stereocenters. The lowest BCUT2D eigenvalue weighted by Gasteiger charge is -1.97. The van der Waals surface area contributed by atoms with Crippen molar-refractivity contribution in [2.45, 2.75) is 13.3 Å². The van der Waals surface area contributed by atoms with Crippen molar-refractivity contribution in [1.29, 1.82) is 0 Å². The summed E-state index contributed by atoms with van der Waals surface area (Å²) in [7, 11) is 0. The van der Waals surface area contributed by atoms with Crippen molar-refractivity contribution in [2.75, 3.05) is 0 Å². The first-order valence-corrected chi connectivity index (χ1v) is 6.44. The van der Waals surface area contributed by atoms with Crippen LogP contribution in [0.4, 0.5) is 0 Å². The Labute approximate surface area is 115 Å². The Bertz CT molecular complexity index is 715. The van der Waals surface area contributed by atoms with Crippen LogP contribution >= 0.6 is 12.2 Å². The molecule has 2 heterocycles. The van der Waals surface area contributed by atoms with E-state index in [1.807, 2.05) is 31.2 Å². The lowest BCUT2D eigenvalue weighted by molar-refractivity contribution is -0.115. The number of furan rings is 1. The molecular weight excluding hydrogens is 260 g/mol. The number of carbonyl (C=O) groups is 1. The van der Waals surface area contributed by atoms with Gasteiger partial charge in [0.2, 0.25) is 0 Å². The predicted octanol–water partition coefficient (Wildman–Crippen LogP) is 2.34. The fourth-order valence-corrected chi connectivity index (χ4v) is 2.37. The van der Waals surface area contributed by atoms with Gasteiger partial charge < -0.3 is 9.73 Å². The molecule has 2 aromatic rings. The van der Waals surface area contributed by atoms with Crippen molar-refractivity contribution in [1.82, 2.24) is 10.6 Å². The third-order valence-electron chi connectivity index (χ3n) is 3.04. The number of para-hydroxylation sites is 1. The van der Waals surface area contributed by atoms with E-state index >= 15 is 0 Å². The van der Waals surface area contributed by atoms with E-state index in [0.29, 0.717) is 10.8 Å². The number of hydrogen-bond donors (Lipinski definition) is 2. The maximum atomic E-state index is 11.7. The largest absolute Gasteiger partial charge is 0.460 e. The molecule has 2 N–H and O–H groups in total. The SMILES string of the molecule is CCc1oc2ccccc2c1/C=C1\NC(=S)NC1=O. The van der Waals surface area contributed by atoms with Gasteiger partial charge in [-0.15, -0.1) is 0 Å². The summed E-state index contributed by atoms with van der Waals surface area (Å²) < 4.78 is 5.78. The zero-order chi connectivity index (χ0) is 13.4. The molecule has 0 aliphatic carbocycles. The topological polar surface area (TPSA) is 54.3 Å². The van der Waals surface area contributed by atoms with Gasteiger partial charge in [0, 0.05) is 17.4 Å². The molecule has 0 saturated carbocycles. The molecule has 0 radical (unpaired) electrons. The van der Waals surface area contributed by atoms with Crippen LogP contribution in [0, 0.1) is 0 Å². The van der Waals surface area contributed by atoms with Crippen molar-refractivity contribution in [2.24, 2.45) is 0 Å². The van der Waals surface area contributed by atoms with Gasteiger partial charge >= 0.3 is 0 Å². The third kappa shape index (κ3) is 2.02. The number of thiocarbonyl (C=S) groups is 1. The zero-order valence-corrected chi connectivity index (χ0v) is 11.1. The third-order valence-corrected chi connectivity index (χ3v) is 3.24. The van der Waals surface area contributed by atoms with E-state index < -0.39 is 0 Å². The van der Waals surface area contributed by atoms with E-state index in [-0.39, 0.29) is 5.91 Å². The van der Waals surface area contributed by atoms with E-state index in [0.717, 1.165) is 28.7 Å². The number of benzene rings is 1. The van der Waals surface area contributed by atoms with E-state index in [1.54, 1.807) is 6.08 Å². The van der Waals surface area contributed by atoms with E-state index in [2.05, 4.69) is 10.6 Å². The Morgan fingerprint density at radius 2 is 2.11 bits per heavy atom. The second kappa shape index (κ2) is 4.51. The van der Waals surface area contributed by atoms with Gasteiger partial charge in [-0.05, 0) is 24.4 Å². The van der Waals surface area contributed by atoms with Crippen molar-refractivity contribution in [3.63, 3.8) is 0 Å². The number of carbonyl (C=O) groups excluding carboxylic acids is 1. The van der Waals surface area contributed by atoms with Crippen LogP contribution in [0.5, 0.6) is 0 Å². The van der Waals surface area contributed by atoms with Crippen LogP contribution in [0.3, 0.4) is 0 Å². The Hall–Kier alpha value is -2.14. The molecule has 1 amide bonds. The molecule has 96 valence electrons. The van der Waals surface area contributed by atoms with Gasteiger partial charge in [-0.2, -0.15) is 0 Å². The molecule has 1 aromatic carbocycles. The van der Waals surface area contributed by atoms with Crippen molar-refractivity contribution < 1.29 is 9.21 Å². The Kier molecular flexibility index (Phi) is 2.83. The lowest BCUT2D eigenvalue weighted by atomic mass is 10.1.